The standard InChI is InChI=1S/C14H26N2/c1-14(2,12-15)10-11-16(3)13-8-6-4-5-7-9-13/h13H,4-11H2,1-3H3. The van der Waals surface area contributed by atoms with E-state index in [9.17, 15) is 0 Å². The summed E-state index contributed by atoms with van der Waals surface area (Å²) in [6.45, 7) is 5.13. The van der Waals surface area contributed by atoms with Gasteiger partial charge >= 0.3 is 0 Å². The van der Waals surface area contributed by atoms with E-state index in [1.807, 2.05) is 13.8 Å². The topological polar surface area (TPSA) is 27.0 Å². The molecule has 0 aromatic heterocycles. The first-order chi connectivity index (χ1) is 7.55. The van der Waals surface area contributed by atoms with Gasteiger partial charge in [-0.15, -0.1) is 0 Å². The van der Waals surface area contributed by atoms with Gasteiger partial charge < -0.3 is 4.90 Å². The zero-order valence-electron chi connectivity index (χ0n) is 11.1. The van der Waals surface area contributed by atoms with Crippen molar-refractivity contribution in [2.45, 2.75) is 64.8 Å². The largest absolute Gasteiger partial charge is 0.303 e. The second kappa shape index (κ2) is 6.25. The molecule has 0 amide bonds. The third-order valence-corrected chi connectivity index (χ3v) is 3.84. The Morgan fingerprint density at radius 3 is 2.25 bits per heavy atom. The van der Waals surface area contributed by atoms with Crippen LogP contribution < -0.4 is 0 Å². The van der Waals surface area contributed by atoms with Crippen LogP contribution in [0.2, 0.25) is 0 Å². The Kier molecular flexibility index (Phi) is 5.28. The van der Waals surface area contributed by atoms with E-state index >= 15 is 0 Å². The molecule has 1 aliphatic carbocycles. The molecule has 0 saturated heterocycles. The summed E-state index contributed by atoms with van der Waals surface area (Å²) in [6, 6.07) is 3.15. The summed E-state index contributed by atoms with van der Waals surface area (Å²) in [5.74, 6) is 0. The highest BCUT2D eigenvalue weighted by Crippen LogP contribution is 2.24. The summed E-state index contributed by atoms with van der Waals surface area (Å²) in [4.78, 5) is 2.48. The summed E-state index contributed by atoms with van der Waals surface area (Å²) in [5, 5.41) is 8.99. The first-order valence-electron chi connectivity index (χ1n) is 6.67. The molecule has 0 heterocycles. The molecule has 0 bridgehead atoms. The molecule has 0 radical (unpaired) electrons. The molecule has 2 nitrogen and oxygen atoms in total. The lowest BCUT2D eigenvalue weighted by molar-refractivity contribution is 0.200. The molecule has 0 spiro atoms. The number of hydrogen-bond donors (Lipinski definition) is 0. The second-order valence-electron chi connectivity index (χ2n) is 5.87. The molecule has 0 unspecified atom stereocenters. The number of hydrogen-bond acceptors (Lipinski definition) is 2. The van der Waals surface area contributed by atoms with Crippen LogP contribution in [0.5, 0.6) is 0 Å². The van der Waals surface area contributed by atoms with E-state index in [0.717, 1.165) is 19.0 Å². The smallest absolute Gasteiger partial charge is 0.0684 e. The molecule has 0 aromatic rings. The molecule has 1 fully saturated rings. The molecular formula is C14H26N2. The van der Waals surface area contributed by atoms with Crippen LogP contribution in [0.15, 0.2) is 0 Å². The second-order valence-corrected chi connectivity index (χ2v) is 5.87. The summed E-state index contributed by atoms with van der Waals surface area (Å²) in [5.41, 5.74) is -0.168. The van der Waals surface area contributed by atoms with Gasteiger partial charge in [-0.3, -0.25) is 0 Å². The molecule has 16 heavy (non-hydrogen) atoms. The average molecular weight is 222 g/mol. The quantitative estimate of drug-likeness (QED) is 0.680. The van der Waals surface area contributed by atoms with Crippen LogP contribution in [0.3, 0.4) is 0 Å². The van der Waals surface area contributed by atoms with Gasteiger partial charge in [0.25, 0.3) is 0 Å². The van der Waals surface area contributed by atoms with E-state index in [4.69, 9.17) is 5.26 Å². The maximum Gasteiger partial charge on any atom is 0.0684 e. The summed E-state index contributed by atoms with van der Waals surface area (Å²) in [6.07, 6.45) is 9.28. The molecule has 92 valence electrons. The number of nitrogens with zero attached hydrogens (tertiary/aromatic N) is 2. The van der Waals surface area contributed by atoms with Crippen LogP contribution in [0.25, 0.3) is 0 Å². The Balaban J connectivity index is 2.33. The maximum atomic E-state index is 8.99. The van der Waals surface area contributed by atoms with Crippen molar-refractivity contribution in [3.8, 4) is 6.07 Å². The first-order valence-corrected chi connectivity index (χ1v) is 6.67. The lowest BCUT2D eigenvalue weighted by atomic mass is 9.91. The third-order valence-electron chi connectivity index (χ3n) is 3.84. The summed E-state index contributed by atoms with van der Waals surface area (Å²) >= 11 is 0. The van der Waals surface area contributed by atoms with Crippen molar-refractivity contribution in [2.24, 2.45) is 5.41 Å². The maximum absolute atomic E-state index is 8.99. The fourth-order valence-electron chi connectivity index (χ4n) is 2.39. The molecule has 1 saturated carbocycles. The summed E-state index contributed by atoms with van der Waals surface area (Å²) < 4.78 is 0. The van der Waals surface area contributed by atoms with Gasteiger partial charge in [-0.25, -0.2) is 0 Å². The highest BCUT2D eigenvalue weighted by molar-refractivity contribution is 4.92. The van der Waals surface area contributed by atoms with Gasteiger partial charge in [0.15, 0.2) is 0 Å². The molecule has 0 aliphatic heterocycles. The minimum Gasteiger partial charge on any atom is -0.303 e. The highest BCUT2D eigenvalue weighted by Gasteiger charge is 2.21. The van der Waals surface area contributed by atoms with E-state index in [0.29, 0.717) is 0 Å². The van der Waals surface area contributed by atoms with Crippen molar-refractivity contribution in [1.82, 2.24) is 4.90 Å². The minimum absolute atomic E-state index is 0.168. The molecular weight excluding hydrogens is 196 g/mol. The van der Waals surface area contributed by atoms with Crippen LogP contribution >= 0.6 is 0 Å². The van der Waals surface area contributed by atoms with Crippen LogP contribution in [0.4, 0.5) is 0 Å². The van der Waals surface area contributed by atoms with E-state index in [-0.39, 0.29) is 5.41 Å². The molecule has 1 aliphatic rings. The molecule has 1 rings (SSSR count). The lowest BCUT2D eigenvalue weighted by Crippen LogP contribution is -2.33. The molecule has 2 heteroatoms. The predicted molar refractivity (Wildman–Crippen MR) is 68.1 cm³/mol. The zero-order valence-corrected chi connectivity index (χ0v) is 11.1. The van der Waals surface area contributed by atoms with Crippen molar-refractivity contribution in [3.63, 3.8) is 0 Å². The number of rotatable bonds is 4. The van der Waals surface area contributed by atoms with Crippen molar-refractivity contribution in [3.05, 3.63) is 0 Å². The first kappa shape index (κ1) is 13.5. The number of nitriles is 1. The molecule has 0 atom stereocenters. The zero-order chi connectivity index (χ0) is 12.0. The lowest BCUT2D eigenvalue weighted by Gasteiger charge is -2.29. The fraction of sp³-hybridized carbons (Fsp3) is 0.929. The summed E-state index contributed by atoms with van der Waals surface area (Å²) in [7, 11) is 2.23. The average Bonchev–Trinajstić information content (AvgIpc) is 2.54. The van der Waals surface area contributed by atoms with Gasteiger partial charge in [-0.2, -0.15) is 5.26 Å². The van der Waals surface area contributed by atoms with Crippen molar-refractivity contribution in [1.29, 1.82) is 5.26 Å². The Labute approximate surface area is 101 Å². The van der Waals surface area contributed by atoms with E-state index in [2.05, 4.69) is 18.0 Å². The van der Waals surface area contributed by atoms with Gasteiger partial charge in [0, 0.05) is 6.04 Å². The van der Waals surface area contributed by atoms with Crippen LogP contribution in [0, 0.1) is 16.7 Å². The Morgan fingerprint density at radius 1 is 1.19 bits per heavy atom. The van der Waals surface area contributed by atoms with Crippen LogP contribution in [-0.2, 0) is 0 Å². The minimum atomic E-state index is -0.168. The van der Waals surface area contributed by atoms with Crippen molar-refractivity contribution < 1.29 is 0 Å². The van der Waals surface area contributed by atoms with E-state index in [1.54, 1.807) is 0 Å². The fourth-order valence-corrected chi connectivity index (χ4v) is 2.39. The van der Waals surface area contributed by atoms with Gasteiger partial charge in [0.2, 0.25) is 0 Å². The van der Waals surface area contributed by atoms with E-state index < -0.39 is 0 Å². The van der Waals surface area contributed by atoms with Crippen LogP contribution in [0.1, 0.15) is 58.8 Å². The Morgan fingerprint density at radius 2 is 1.75 bits per heavy atom. The van der Waals surface area contributed by atoms with Gasteiger partial charge in [0.1, 0.15) is 0 Å². The third kappa shape index (κ3) is 4.53. The SMILES string of the molecule is CN(CCC(C)(C)C#N)C1CCCCCC1. The molecule has 0 aromatic carbocycles. The Bertz CT molecular complexity index is 232. The van der Waals surface area contributed by atoms with E-state index in [1.165, 1.54) is 38.5 Å². The Hall–Kier alpha value is -0.550. The van der Waals surface area contributed by atoms with Gasteiger partial charge in [0.05, 0.1) is 11.5 Å². The predicted octanol–water partition coefficient (Wildman–Crippen LogP) is 3.58. The normalized spacial score (nSPS) is 19.4. The van der Waals surface area contributed by atoms with Gasteiger partial charge in [-0.1, -0.05) is 25.7 Å². The van der Waals surface area contributed by atoms with Gasteiger partial charge in [-0.05, 0) is 46.7 Å². The van der Waals surface area contributed by atoms with Crippen molar-refractivity contribution in [2.75, 3.05) is 13.6 Å². The highest BCUT2D eigenvalue weighted by atomic mass is 15.1. The van der Waals surface area contributed by atoms with Crippen molar-refractivity contribution >= 4 is 0 Å². The van der Waals surface area contributed by atoms with Crippen LogP contribution in [-0.4, -0.2) is 24.5 Å². The monoisotopic (exact) mass is 222 g/mol. The molecule has 0 N–H and O–H groups in total.